The number of methoxy groups -OCH3 is 1. The molecule has 0 aromatic heterocycles. The van der Waals surface area contributed by atoms with Crippen LogP contribution in [0.25, 0.3) is 0 Å². The van der Waals surface area contributed by atoms with Gasteiger partial charge in [0.05, 0.1) is 19.6 Å². The third-order valence-electron chi connectivity index (χ3n) is 4.04. The highest BCUT2D eigenvalue weighted by Crippen LogP contribution is 2.18. The average molecular weight is 345 g/mol. The molecule has 2 aromatic carbocycles. The van der Waals surface area contributed by atoms with E-state index in [9.17, 15) is 14.3 Å². The molecule has 1 amide bonds. The molecule has 0 aliphatic heterocycles. The Morgan fingerprint density at radius 2 is 1.96 bits per heavy atom. The molecular formula is C20H24FNO3. The van der Waals surface area contributed by atoms with E-state index in [1.807, 2.05) is 31.2 Å². The van der Waals surface area contributed by atoms with E-state index >= 15 is 0 Å². The smallest absolute Gasteiger partial charge is 0.223 e. The molecule has 134 valence electrons. The van der Waals surface area contributed by atoms with Gasteiger partial charge in [0, 0.05) is 6.04 Å². The van der Waals surface area contributed by atoms with Crippen molar-refractivity contribution in [3.8, 4) is 5.75 Å². The molecule has 25 heavy (non-hydrogen) atoms. The number of hydrogen-bond donors (Lipinski definition) is 2. The summed E-state index contributed by atoms with van der Waals surface area (Å²) in [7, 11) is 1.63. The topological polar surface area (TPSA) is 58.6 Å². The van der Waals surface area contributed by atoms with E-state index in [0.717, 1.165) is 18.6 Å². The molecule has 0 saturated heterocycles. The van der Waals surface area contributed by atoms with Gasteiger partial charge in [-0.2, -0.15) is 0 Å². The van der Waals surface area contributed by atoms with Crippen LogP contribution in [0.5, 0.6) is 5.75 Å². The van der Waals surface area contributed by atoms with Crippen molar-refractivity contribution in [2.45, 2.75) is 38.3 Å². The number of aryl methyl sites for hydroxylation is 1. The lowest BCUT2D eigenvalue weighted by Crippen LogP contribution is -2.33. The van der Waals surface area contributed by atoms with E-state index < -0.39 is 11.9 Å². The lowest BCUT2D eigenvalue weighted by atomic mass is 10.0. The summed E-state index contributed by atoms with van der Waals surface area (Å²) in [5.74, 6) is 0.139. The van der Waals surface area contributed by atoms with Crippen LogP contribution >= 0.6 is 0 Å². The summed E-state index contributed by atoms with van der Waals surface area (Å²) in [6.07, 6.45) is 0.520. The predicted molar refractivity (Wildman–Crippen MR) is 94.9 cm³/mol. The van der Waals surface area contributed by atoms with Crippen LogP contribution in [0.2, 0.25) is 0 Å². The van der Waals surface area contributed by atoms with Gasteiger partial charge in [-0.3, -0.25) is 4.79 Å². The molecule has 0 saturated carbocycles. The van der Waals surface area contributed by atoms with Gasteiger partial charge < -0.3 is 15.2 Å². The molecule has 2 N–H and O–H groups in total. The summed E-state index contributed by atoms with van der Waals surface area (Å²) in [5, 5.41) is 12.9. The van der Waals surface area contributed by atoms with Crippen molar-refractivity contribution < 1.29 is 19.0 Å². The first-order chi connectivity index (χ1) is 12.0. The SMILES string of the molecule is COc1ccc(CCC(C)NC(=O)CC(O)c2cccc(F)c2)cc1. The molecule has 2 unspecified atom stereocenters. The normalized spacial score (nSPS) is 13.1. The molecule has 0 aliphatic rings. The number of amides is 1. The number of carbonyl (C=O) groups is 1. The van der Waals surface area contributed by atoms with E-state index in [4.69, 9.17) is 4.74 Å². The molecule has 0 aliphatic carbocycles. The van der Waals surface area contributed by atoms with Crippen LogP contribution in [0, 0.1) is 5.82 Å². The monoisotopic (exact) mass is 345 g/mol. The van der Waals surface area contributed by atoms with Gasteiger partial charge in [-0.1, -0.05) is 24.3 Å². The Labute approximate surface area is 147 Å². The number of carbonyl (C=O) groups excluding carboxylic acids is 1. The van der Waals surface area contributed by atoms with Crippen molar-refractivity contribution in [1.29, 1.82) is 0 Å². The highest BCUT2D eigenvalue weighted by molar-refractivity contribution is 5.76. The third kappa shape index (κ3) is 6.19. The summed E-state index contributed by atoms with van der Waals surface area (Å²) in [5.41, 5.74) is 1.57. The Hall–Kier alpha value is -2.40. The molecule has 0 bridgehead atoms. The van der Waals surface area contributed by atoms with Gasteiger partial charge in [-0.15, -0.1) is 0 Å². The van der Waals surface area contributed by atoms with Gasteiger partial charge in [-0.25, -0.2) is 4.39 Å². The quantitative estimate of drug-likeness (QED) is 0.771. The molecule has 4 nitrogen and oxygen atoms in total. The van der Waals surface area contributed by atoms with Crippen molar-refractivity contribution >= 4 is 5.91 Å². The number of rotatable bonds is 8. The average Bonchev–Trinajstić information content (AvgIpc) is 2.60. The minimum atomic E-state index is -1.01. The number of benzene rings is 2. The van der Waals surface area contributed by atoms with Gasteiger partial charge in [0.15, 0.2) is 0 Å². The fourth-order valence-corrected chi connectivity index (χ4v) is 2.59. The van der Waals surface area contributed by atoms with Crippen LogP contribution in [0.1, 0.15) is 37.0 Å². The van der Waals surface area contributed by atoms with Crippen LogP contribution in [0.4, 0.5) is 4.39 Å². The molecule has 2 aromatic rings. The number of nitrogens with one attached hydrogen (secondary N) is 1. The van der Waals surface area contributed by atoms with Crippen LogP contribution in [-0.4, -0.2) is 24.2 Å². The van der Waals surface area contributed by atoms with Crippen LogP contribution in [0.15, 0.2) is 48.5 Å². The van der Waals surface area contributed by atoms with Crippen LogP contribution in [-0.2, 0) is 11.2 Å². The van der Waals surface area contributed by atoms with Crippen molar-refractivity contribution in [3.63, 3.8) is 0 Å². The van der Waals surface area contributed by atoms with Gasteiger partial charge in [-0.05, 0) is 55.2 Å². The lowest BCUT2D eigenvalue weighted by Gasteiger charge is -2.16. The first kappa shape index (κ1) is 18.9. The van der Waals surface area contributed by atoms with E-state index in [-0.39, 0.29) is 18.4 Å². The Morgan fingerprint density at radius 3 is 2.60 bits per heavy atom. The van der Waals surface area contributed by atoms with Crippen LogP contribution in [0.3, 0.4) is 0 Å². The maximum atomic E-state index is 13.2. The summed E-state index contributed by atoms with van der Waals surface area (Å²) in [6, 6.07) is 13.5. The zero-order chi connectivity index (χ0) is 18.2. The second kappa shape index (κ2) is 9.18. The molecule has 0 heterocycles. The summed E-state index contributed by atoms with van der Waals surface area (Å²) in [6.45, 7) is 1.93. The zero-order valence-corrected chi connectivity index (χ0v) is 14.5. The number of hydrogen-bond acceptors (Lipinski definition) is 3. The summed E-state index contributed by atoms with van der Waals surface area (Å²) in [4.78, 5) is 12.0. The molecule has 0 spiro atoms. The molecule has 2 rings (SSSR count). The maximum Gasteiger partial charge on any atom is 0.223 e. The van der Waals surface area contributed by atoms with Crippen molar-refractivity contribution in [1.82, 2.24) is 5.32 Å². The van der Waals surface area contributed by atoms with Gasteiger partial charge in [0.25, 0.3) is 0 Å². The first-order valence-electron chi connectivity index (χ1n) is 8.33. The summed E-state index contributed by atoms with van der Waals surface area (Å²) < 4.78 is 18.3. The Kier molecular flexibility index (Phi) is 6.95. The first-order valence-corrected chi connectivity index (χ1v) is 8.33. The number of aliphatic hydroxyl groups is 1. The molecular weight excluding hydrogens is 321 g/mol. The maximum absolute atomic E-state index is 13.2. The van der Waals surface area contributed by atoms with Crippen molar-refractivity contribution in [3.05, 3.63) is 65.5 Å². The Morgan fingerprint density at radius 1 is 1.24 bits per heavy atom. The third-order valence-corrected chi connectivity index (χ3v) is 4.04. The largest absolute Gasteiger partial charge is 0.497 e. The van der Waals surface area contributed by atoms with Gasteiger partial charge in [0.2, 0.25) is 5.91 Å². The van der Waals surface area contributed by atoms with Gasteiger partial charge in [0.1, 0.15) is 11.6 Å². The van der Waals surface area contributed by atoms with Crippen molar-refractivity contribution in [2.24, 2.45) is 0 Å². The fraction of sp³-hybridized carbons (Fsp3) is 0.350. The molecule has 5 heteroatoms. The minimum absolute atomic E-state index is 0.0192. The fourth-order valence-electron chi connectivity index (χ4n) is 2.59. The van der Waals surface area contributed by atoms with E-state index in [2.05, 4.69) is 5.32 Å². The molecule has 0 fully saturated rings. The highest BCUT2D eigenvalue weighted by Gasteiger charge is 2.15. The second-order valence-electron chi connectivity index (χ2n) is 6.13. The number of ether oxygens (including phenoxy) is 1. The molecule has 2 atom stereocenters. The van der Waals surface area contributed by atoms with E-state index in [0.29, 0.717) is 5.56 Å². The second-order valence-corrected chi connectivity index (χ2v) is 6.13. The Bertz CT molecular complexity index is 688. The molecule has 0 radical (unpaired) electrons. The minimum Gasteiger partial charge on any atom is -0.497 e. The van der Waals surface area contributed by atoms with Gasteiger partial charge >= 0.3 is 0 Å². The lowest BCUT2D eigenvalue weighted by molar-refractivity contribution is -0.123. The standard InChI is InChI=1S/C20H24FNO3/c1-14(6-7-15-8-10-18(25-2)11-9-15)22-20(24)13-19(23)16-4-3-5-17(21)12-16/h3-5,8-12,14,19,23H,6-7,13H2,1-2H3,(H,22,24). The van der Waals surface area contributed by atoms with E-state index in [1.165, 1.54) is 23.8 Å². The van der Waals surface area contributed by atoms with Crippen LogP contribution < -0.4 is 10.1 Å². The number of halogens is 1. The highest BCUT2D eigenvalue weighted by atomic mass is 19.1. The number of aliphatic hydroxyl groups excluding tert-OH is 1. The zero-order valence-electron chi connectivity index (χ0n) is 14.5. The Balaban J connectivity index is 1.77. The van der Waals surface area contributed by atoms with E-state index in [1.54, 1.807) is 13.2 Å². The predicted octanol–water partition coefficient (Wildman–Crippen LogP) is 3.40. The summed E-state index contributed by atoms with van der Waals surface area (Å²) >= 11 is 0. The van der Waals surface area contributed by atoms with Crippen molar-refractivity contribution in [2.75, 3.05) is 7.11 Å².